The predicted molar refractivity (Wildman–Crippen MR) is 160 cm³/mol. The Balaban J connectivity index is 1.13. The Bertz CT molecular complexity index is 1310. The van der Waals surface area contributed by atoms with Crippen LogP contribution >= 0.6 is 23.1 Å². The average Bonchev–Trinajstić information content (AvgIpc) is 3.73. The third-order valence-corrected chi connectivity index (χ3v) is 9.95. The molecule has 0 bridgehead atoms. The first-order valence-corrected chi connectivity index (χ1v) is 15.6. The van der Waals surface area contributed by atoms with Crippen LogP contribution in [-0.4, -0.2) is 62.3 Å². The molecule has 0 aliphatic carbocycles. The fourth-order valence-electron chi connectivity index (χ4n) is 5.34. The maximum absolute atomic E-state index is 6.05. The fraction of sp³-hybridized carbons (Fsp3) is 0.375. The molecule has 4 nitrogen and oxygen atoms in total. The number of fused-ring (bicyclic) bond motifs is 1. The lowest BCUT2D eigenvalue weighted by atomic mass is 10.1. The Kier molecular flexibility index (Phi) is 8.51. The van der Waals surface area contributed by atoms with E-state index in [1.165, 1.54) is 82.2 Å². The van der Waals surface area contributed by atoms with Gasteiger partial charge < -0.3 is 9.47 Å². The number of rotatable bonds is 11. The maximum Gasteiger partial charge on any atom is 0.119 e. The van der Waals surface area contributed by atoms with Crippen LogP contribution in [0.3, 0.4) is 0 Å². The Morgan fingerprint density at radius 2 is 1.21 bits per heavy atom. The van der Waals surface area contributed by atoms with Crippen LogP contribution in [0.15, 0.2) is 82.6 Å². The van der Waals surface area contributed by atoms with E-state index in [2.05, 4.69) is 82.6 Å². The molecule has 1 aromatic heterocycles. The van der Waals surface area contributed by atoms with Crippen molar-refractivity contribution in [3.8, 4) is 21.9 Å². The second-order valence-corrected chi connectivity index (χ2v) is 12.3. The molecule has 0 N–H and O–H groups in total. The van der Waals surface area contributed by atoms with Gasteiger partial charge in [-0.2, -0.15) is 0 Å². The number of nitrogens with zero attached hydrogens (tertiary/aromatic N) is 2. The fourth-order valence-corrected chi connectivity index (χ4v) is 7.76. The van der Waals surface area contributed by atoms with Crippen molar-refractivity contribution >= 4 is 33.2 Å². The minimum Gasteiger partial charge on any atom is -0.492 e. The molecular formula is C32H36N2O2S2. The molecule has 2 aliphatic rings. The van der Waals surface area contributed by atoms with Crippen LogP contribution < -0.4 is 9.47 Å². The normalized spacial score (nSPS) is 16.4. The number of ether oxygens (including phenoxy) is 2. The van der Waals surface area contributed by atoms with E-state index in [9.17, 15) is 0 Å². The van der Waals surface area contributed by atoms with E-state index < -0.39 is 0 Å². The van der Waals surface area contributed by atoms with Crippen molar-refractivity contribution in [3.63, 3.8) is 0 Å². The summed E-state index contributed by atoms with van der Waals surface area (Å²) in [6, 6.07) is 26.0. The highest BCUT2D eigenvalue weighted by molar-refractivity contribution is 8.00. The molecule has 2 aliphatic heterocycles. The van der Waals surface area contributed by atoms with Gasteiger partial charge in [-0.1, -0.05) is 30.0 Å². The number of benzene rings is 3. The molecule has 0 unspecified atom stereocenters. The highest BCUT2D eigenvalue weighted by Gasteiger charge is 2.16. The average molecular weight is 545 g/mol. The molecule has 38 heavy (non-hydrogen) atoms. The Morgan fingerprint density at radius 3 is 1.82 bits per heavy atom. The monoisotopic (exact) mass is 544 g/mol. The molecule has 0 saturated carbocycles. The summed E-state index contributed by atoms with van der Waals surface area (Å²) in [6.45, 7) is 8.39. The summed E-state index contributed by atoms with van der Waals surface area (Å²) in [6.07, 6.45) is 5.28. The van der Waals surface area contributed by atoms with Crippen molar-refractivity contribution in [2.75, 3.05) is 52.5 Å². The van der Waals surface area contributed by atoms with Crippen LogP contribution in [0.1, 0.15) is 25.7 Å². The Morgan fingerprint density at radius 1 is 0.658 bits per heavy atom. The van der Waals surface area contributed by atoms with Crippen molar-refractivity contribution in [1.82, 2.24) is 9.80 Å². The molecule has 4 aromatic rings. The van der Waals surface area contributed by atoms with E-state index in [0.29, 0.717) is 0 Å². The van der Waals surface area contributed by atoms with Crippen LogP contribution in [0.5, 0.6) is 11.5 Å². The summed E-state index contributed by atoms with van der Waals surface area (Å²) in [5, 5.41) is 1.31. The first-order chi connectivity index (χ1) is 18.8. The first-order valence-electron chi connectivity index (χ1n) is 13.9. The van der Waals surface area contributed by atoms with Gasteiger partial charge in [-0.15, -0.1) is 11.3 Å². The Labute approximate surface area is 234 Å². The molecule has 0 radical (unpaired) electrons. The summed E-state index contributed by atoms with van der Waals surface area (Å²) in [7, 11) is 0. The molecule has 0 amide bonds. The lowest BCUT2D eigenvalue weighted by molar-refractivity contribution is 0.237. The molecule has 3 heterocycles. The minimum absolute atomic E-state index is 0.751. The van der Waals surface area contributed by atoms with E-state index in [0.717, 1.165) is 37.8 Å². The second kappa shape index (κ2) is 12.6. The predicted octanol–water partition coefficient (Wildman–Crippen LogP) is 7.67. The molecule has 6 heteroatoms. The topological polar surface area (TPSA) is 24.9 Å². The lowest BCUT2D eigenvalue weighted by Gasteiger charge is -2.15. The molecule has 198 valence electrons. The molecular weight excluding hydrogens is 508 g/mol. The summed E-state index contributed by atoms with van der Waals surface area (Å²) >= 11 is 3.71. The largest absolute Gasteiger partial charge is 0.492 e. The highest BCUT2D eigenvalue weighted by atomic mass is 32.2. The van der Waals surface area contributed by atoms with Crippen molar-refractivity contribution in [3.05, 3.63) is 72.8 Å². The highest BCUT2D eigenvalue weighted by Crippen LogP contribution is 2.47. The summed E-state index contributed by atoms with van der Waals surface area (Å²) in [5.41, 5.74) is 1.24. The van der Waals surface area contributed by atoms with Gasteiger partial charge in [0.2, 0.25) is 0 Å². The third-order valence-electron chi connectivity index (χ3n) is 7.46. The van der Waals surface area contributed by atoms with Gasteiger partial charge in [-0.25, -0.2) is 0 Å². The van der Waals surface area contributed by atoms with E-state index >= 15 is 0 Å². The van der Waals surface area contributed by atoms with Gasteiger partial charge in [0.25, 0.3) is 0 Å². The van der Waals surface area contributed by atoms with Crippen LogP contribution in [0.25, 0.3) is 20.5 Å². The standard InChI is InChI=1S/C32H36N2O2S2/c1-2-8-30-29(7-1)32(37-28-15-13-27(14-16-28)36-24-22-34-19-5-6-20-34)31(38-30)25-9-11-26(12-10-25)35-23-21-33-17-3-4-18-33/h1-2,7-16H,3-6,17-24H2. The van der Waals surface area contributed by atoms with E-state index in [1.54, 1.807) is 0 Å². The van der Waals surface area contributed by atoms with Crippen LogP contribution in [0.4, 0.5) is 0 Å². The quantitative estimate of drug-likeness (QED) is 0.193. The van der Waals surface area contributed by atoms with Gasteiger partial charge in [-0.3, -0.25) is 9.80 Å². The molecule has 0 atom stereocenters. The first kappa shape index (κ1) is 25.8. The molecule has 3 aromatic carbocycles. The van der Waals surface area contributed by atoms with Crippen LogP contribution in [0.2, 0.25) is 0 Å². The van der Waals surface area contributed by atoms with Crippen molar-refractivity contribution in [2.45, 2.75) is 35.5 Å². The maximum atomic E-state index is 6.05. The minimum atomic E-state index is 0.751. The second-order valence-electron chi connectivity index (χ2n) is 10.1. The number of hydrogen-bond acceptors (Lipinski definition) is 6. The van der Waals surface area contributed by atoms with Gasteiger partial charge in [-0.05, 0) is 112 Å². The number of thiophene rings is 1. The van der Waals surface area contributed by atoms with Gasteiger partial charge in [0, 0.05) is 37.8 Å². The van der Waals surface area contributed by atoms with E-state index in [1.807, 2.05) is 23.1 Å². The summed E-state index contributed by atoms with van der Waals surface area (Å²) in [4.78, 5) is 8.83. The zero-order chi connectivity index (χ0) is 25.6. The van der Waals surface area contributed by atoms with Gasteiger partial charge >= 0.3 is 0 Å². The van der Waals surface area contributed by atoms with Gasteiger partial charge in [0.15, 0.2) is 0 Å². The van der Waals surface area contributed by atoms with Crippen LogP contribution in [-0.2, 0) is 0 Å². The number of hydrogen-bond donors (Lipinski definition) is 0. The van der Waals surface area contributed by atoms with Crippen molar-refractivity contribution < 1.29 is 9.47 Å². The van der Waals surface area contributed by atoms with Crippen molar-refractivity contribution in [1.29, 1.82) is 0 Å². The zero-order valence-corrected chi connectivity index (χ0v) is 23.6. The van der Waals surface area contributed by atoms with E-state index in [4.69, 9.17) is 9.47 Å². The summed E-state index contributed by atoms with van der Waals surface area (Å²) in [5.74, 6) is 1.90. The SMILES string of the molecule is c1ccc2c(Sc3ccc(OCCN4CCCC4)cc3)c(-c3ccc(OCCN4CCCC4)cc3)sc2c1. The summed E-state index contributed by atoms with van der Waals surface area (Å²) < 4.78 is 13.4. The van der Waals surface area contributed by atoms with Crippen molar-refractivity contribution in [2.24, 2.45) is 0 Å². The van der Waals surface area contributed by atoms with Gasteiger partial charge in [0.1, 0.15) is 24.7 Å². The third kappa shape index (κ3) is 6.37. The zero-order valence-electron chi connectivity index (χ0n) is 21.9. The number of likely N-dealkylation sites (tertiary alicyclic amines) is 2. The smallest absolute Gasteiger partial charge is 0.119 e. The molecule has 6 rings (SSSR count). The Hall–Kier alpha value is -2.51. The van der Waals surface area contributed by atoms with E-state index in [-0.39, 0.29) is 0 Å². The van der Waals surface area contributed by atoms with Crippen LogP contribution in [0, 0.1) is 0 Å². The lowest BCUT2D eigenvalue weighted by Crippen LogP contribution is -2.25. The molecule has 0 spiro atoms. The molecule has 2 fully saturated rings. The molecule has 2 saturated heterocycles. The van der Waals surface area contributed by atoms with Gasteiger partial charge in [0.05, 0.1) is 0 Å².